The quantitative estimate of drug-likeness (QED) is 0.573. The first kappa shape index (κ1) is 21.9. The second-order valence-corrected chi connectivity index (χ2v) is 10.7. The second kappa shape index (κ2) is 8.82. The van der Waals surface area contributed by atoms with Crippen molar-refractivity contribution in [2.24, 2.45) is 0 Å². The van der Waals surface area contributed by atoms with Gasteiger partial charge < -0.3 is 9.47 Å². The molecule has 1 atom stereocenters. The molecule has 0 radical (unpaired) electrons. The van der Waals surface area contributed by atoms with E-state index in [1.165, 1.54) is 5.56 Å². The molecule has 3 aromatic rings. The Balaban J connectivity index is 1.46. The molecular formula is C26H28N2O4S. The highest BCUT2D eigenvalue weighted by molar-refractivity contribution is 7.89. The molecule has 0 N–H and O–H groups in total. The van der Waals surface area contributed by atoms with Crippen LogP contribution in [-0.2, 0) is 23.1 Å². The van der Waals surface area contributed by atoms with E-state index in [9.17, 15) is 8.42 Å². The molecule has 7 heteroatoms. The van der Waals surface area contributed by atoms with Crippen LogP contribution < -0.4 is 9.47 Å². The van der Waals surface area contributed by atoms with E-state index in [1.807, 2.05) is 48.5 Å². The molecule has 6 nitrogen and oxygen atoms in total. The van der Waals surface area contributed by atoms with Crippen LogP contribution in [-0.4, -0.2) is 50.0 Å². The number of ether oxygens (including phenoxy) is 2. The Morgan fingerprint density at radius 3 is 2.33 bits per heavy atom. The zero-order valence-electron chi connectivity index (χ0n) is 18.7. The smallest absolute Gasteiger partial charge is 0.247 e. The highest BCUT2D eigenvalue weighted by Gasteiger charge is 2.47. The van der Waals surface area contributed by atoms with E-state index in [-0.39, 0.29) is 11.4 Å². The van der Waals surface area contributed by atoms with E-state index < -0.39 is 15.6 Å². The average Bonchev–Trinajstić information content (AvgIpc) is 3.18. The maximum absolute atomic E-state index is 13.7. The standard InChI is InChI=1S/C26H28N2O4S/c1-31-23-13-11-22(12-14-23)18-28-20-26(32-24-9-5-6-10-25(24)33(28,29)30)15-16-27(19-26)17-21-7-3-2-4-8-21/h2-14H,15-20H2,1H3/t26-/m1/s1. The second-order valence-electron chi connectivity index (χ2n) is 8.80. The summed E-state index contributed by atoms with van der Waals surface area (Å²) in [5.41, 5.74) is 1.56. The van der Waals surface area contributed by atoms with E-state index in [4.69, 9.17) is 9.47 Å². The summed E-state index contributed by atoms with van der Waals surface area (Å²) in [6.07, 6.45) is 0.767. The predicted molar refractivity (Wildman–Crippen MR) is 127 cm³/mol. The first-order valence-electron chi connectivity index (χ1n) is 11.1. The zero-order chi connectivity index (χ0) is 22.9. The minimum Gasteiger partial charge on any atom is -0.497 e. The fraction of sp³-hybridized carbons (Fsp3) is 0.308. The molecule has 0 aliphatic carbocycles. The Hall–Kier alpha value is -2.87. The maximum atomic E-state index is 13.7. The molecule has 0 amide bonds. The van der Waals surface area contributed by atoms with Gasteiger partial charge in [0.25, 0.3) is 0 Å². The molecule has 2 heterocycles. The van der Waals surface area contributed by atoms with Crippen LogP contribution in [0.3, 0.4) is 0 Å². The highest BCUT2D eigenvalue weighted by Crippen LogP contribution is 2.39. The fourth-order valence-electron chi connectivity index (χ4n) is 4.75. The van der Waals surface area contributed by atoms with Crippen molar-refractivity contribution in [1.82, 2.24) is 9.21 Å². The summed E-state index contributed by atoms with van der Waals surface area (Å²) in [5, 5.41) is 0. The largest absolute Gasteiger partial charge is 0.497 e. The molecule has 0 unspecified atom stereocenters. The van der Waals surface area contributed by atoms with Gasteiger partial charge in [-0.3, -0.25) is 4.90 Å². The third kappa shape index (κ3) is 4.49. The van der Waals surface area contributed by atoms with Crippen molar-refractivity contribution in [3.63, 3.8) is 0 Å². The molecule has 1 fully saturated rings. The molecule has 0 bridgehead atoms. The van der Waals surface area contributed by atoms with Gasteiger partial charge >= 0.3 is 0 Å². The van der Waals surface area contributed by atoms with E-state index in [1.54, 1.807) is 29.6 Å². The predicted octanol–water partition coefficient (Wildman–Crippen LogP) is 3.92. The van der Waals surface area contributed by atoms with Gasteiger partial charge in [-0.25, -0.2) is 8.42 Å². The summed E-state index contributed by atoms with van der Waals surface area (Å²) >= 11 is 0. The van der Waals surface area contributed by atoms with Crippen molar-refractivity contribution in [1.29, 1.82) is 0 Å². The van der Waals surface area contributed by atoms with Crippen LogP contribution in [0.15, 0.2) is 83.8 Å². The van der Waals surface area contributed by atoms with Gasteiger partial charge in [0.05, 0.1) is 13.7 Å². The summed E-state index contributed by atoms with van der Waals surface area (Å²) < 4.78 is 40.7. The van der Waals surface area contributed by atoms with Crippen LogP contribution in [0.5, 0.6) is 11.5 Å². The van der Waals surface area contributed by atoms with Crippen molar-refractivity contribution in [2.75, 3.05) is 26.7 Å². The van der Waals surface area contributed by atoms with Crippen molar-refractivity contribution < 1.29 is 17.9 Å². The lowest BCUT2D eigenvalue weighted by Gasteiger charge is -2.32. The number of hydrogen-bond donors (Lipinski definition) is 0. The molecule has 0 saturated carbocycles. The maximum Gasteiger partial charge on any atom is 0.247 e. The minimum absolute atomic E-state index is 0.233. The zero-order valence-corrected chi connectivity index (χ0v) is 19.5. The van der Waals surface area contributed by atoms with Crippen molar-refractivity contribution in [3.05, 3.63) is 90.0 Å². The molecule has 1 spiro atoms. The summed E-state index contributed by atoms with van der Waals surface area (Å²) in [6, 6.07) is 24.9. The monoisotopic (exact) mass is 464 g/mol. The SMILES string of the molecule is COc1ccc(CN2C[C@]3(CCN(Cc4ccccc4)C3)Oc3ccccc3S2(=O)=O)cc1. The van der Waals surface area contributed by atoms with Crippen LogP contribution in [0.2, 0.25) is 0 Å². The Morgan fingerprint density at radius 2 is 1.58 bits per heavy atom. The van der Waals surface area contributed by atoms with E-state index >= 15 is 0 Å². The average molecular weight is 465 g/mol. The van der Waals surface area contributed by atoms with Crippen LogP contribution >= 0.6 is 0 Å². The molecule has 2 aliphatic heterocycles. The number of rotatable bonds is 5. The first-order chi connectivity index (χ1) is 16.0. The number of benzene rings is 3. The summed E-state index contributed by atoms with van der Waals surface area (Å²) in [6.45, 7) is 2.93. The molecule has 33 heavy (non-hydrogen) atoms. The third-order valence-electron chi connectivity index (χ3n) is 6.42. The topological polar surface area (TPSA) is 59.1 Å². The number of sulfonamides is 1. The number of methoxy groups -OCH3 is 1. The summed E-state index contributed by atoms with van der Waals surface area (Å²) in [5.74, 6) is 1.19. The Morgan fingerprint density at radius 1 is 0.879 bits per heavy atom. The Kier molecular flexibility index (Phi) is 5.86. The molecule has 3 aromatic carbocycles. The van der Waals surface area contributed by atoms with Gasteiger partial charge in [-0.05, 0) is 35.4 Å². The Bertz CT molecular complexity index is 1210. The third-order valence-corrected chi connectivity index (χ3v) is 8.25. The number of nitrogens with zero attached hydrogens (tertiary/aromatic N) is 2. The van der Waals surface area contributed by atoms with Gasteiger partial charge in [0.15, 0.2) is 0 Å². The molecule has 5 rings (SSSR count). The van der Waals surface area contributed by atoms with Crippen LogP contribution in [0.25, 0.3) is 0 Å². The van der Waals surface area contributed by atoms with Gasteiger partial charge in [-0.1, -0.05) is 54.6 Å². The van der Waals surface area contributed by atoms with Crippen molar-refractivity contribution >= 4 is 10.0 Å². The van der Waals surface area contributed by atoms with Gasteiger partial charge in [-0.2, -0.15) is 4.31 Å². The van der Waals surface area contributed by atoms with Crippen LogP contribution in [0.4, 0.5) is 0 Å². The lowest BCUT2D eigenvalue weighted by atomic mass is 10.0. The fourth-order valence-corrected chi connectivity index (χ4v) is 6.37. The Labute approximate surface area is 195 Å². The van der Waals surface area contributed by atoms with E-state index in [0.717, 1.165) is 30.8 Å². The van der Waals surface area contributed by atoms with E-state index in [0.29, 0.717) is 18.8 Å². The van der Waals surface area contributed by atoms with Gasteiger partial charge in [0.2, 0.25) is 10.0 Å². The molecular weight excluding hydrogens is 436 g/mol. The normalized spacial score (nSPS) is 22.5. The summed E-state index contributed by atoms with van der Waals surface area (Å²) in [4.78, 5) is 2.58. The number of likely N-dealkylation sites (tertiary alicyclic amines) is 1. The highest BCUT2D eigenvalue weighted by atomic mass is 32.2. The lowest BCUT2D eigenvalue weighted by Crippen LogP contribution is -2.48. The molecule has 172 valence electrons. The van der Waals surface area contributed by atoms with Gasteiger partial charge in [-0.15, -0.1) is 0 Å². The van der Waals surface area contributed by atoms with Crippen molar-refractivity contribution in [2.45, 2.75) is 30.0 Å². The lowest BCUT2D eigenvalue weighted by molar-refractivity contribution is 0.0570. The molecule has 1 saturated heterocycles. The minimum atomic E-state index is -3.71. The summed E-state index contributed by atoms with van der Waals surface area (Å²) in [7, 11) is -2.10. The van der Waals surface area contributed by atoms with Gasteiger partial charge in [0.1, 0.15) is 22.0 Å². The number of hydrogen-bond acceptors (Lipinski definition) is 5. The van der Waals surface area contributed by atoms with Crippen LogP contribution in [0.1, 0.15) is 17.5 Å². The number of para-hydroxylation sites is 1. The first-order valence-corrected chi connectivity index (χ1v) is 12.6. The molecule has 2 aliphatic rings. The van der Waals surface area contributed by atoms with E-state index in [2.05, 4.69) is 17.0 Å². The molecule has 0 aromatic heterocycles. The van der Waals surface area contributed by atoms with Gasteiger partial charge in [0, 0.05) is 32.6 Å². The number of fused-ring (bicyclic) bond motifs is 1. The van der Waals surface area contributed by atoms with Crippen molar-refractivity contribution in [3.8, 4) is 11.5 Å². The van der Waals surface area contributed by atoms with Crippen LogP contribution in [0, 0.1) is 0 Å².